The van der Waals surface area contributed by atoms with Crippen LogP contribution in [0.15, 0.2) is 6.07 Å². The fraction of sp³-hybridized carbons (Fsp3) is 0.733. The molecule has 112 valence electrons. The molecule has 1 saturated heterocycles. The molecule has 0 aromatic carbocycles. The van der Waals surface area contributed by atoms with Crippen molar-refractivity contribution in [3.63, 3.8) is 0 Å². The minimum atomic E-state index is 0.345. The molecule has 1 N–H and O–H groups in total. The molecule has 0 radical (unpaired) electrons. The fourth-order valence-electron chi connectivity index (χ4n) is 2.45. The number of ether oxygens (including phenoxy) is 1. The lowest BCUT2D eigenvalue weighted by molar-refractivity contribution is 0.115. The molecular weight excluding hydrogens is 252 g/mol. The molecule has 1 unspecified atom stereocenters. The summed E-state index contributed by atoms with van der Waals surface area (Å²) in [7, 11) is 0. The number of nitrogens with zero attached hydrogens (tertiary/aromatic N) is 3. The molecule has 0 amide bonds. The maximum absolute atomic E-state index is 5.73. The SMILES string of the molecule is CCCNc1nc(C)cc(N(CC)CC2CCCO2)n1. The predicted molar refractivity (Wildman–Crippen MR) is 82.4 cm³/mol. The molecule has 1 aromatic heterocycles. The first-order chi connectivity index (χ1) is 9.72. The third-order valence-electron chi connectivity index (χ3n) is 3.53. The van der Waals surface area contributed by atoms with Crippen molar-refractivity contribution >= 4 is 11.8 Å². The van der Waals surface area contributed by atoms with Crippen LogP contribution < -0.4 is 10.2 Å². The molecule has 0 bridgehead atoms. The van der Waals surface area contributed by atoms with E-state index in [4.69, 9.17) is 4.74 Å². The lowest BCUT2D eigenvalue weighted by atomic mass is 10.2. The molecule has 2 rings (SSSR count). The summed E-state index contributed by atoms with van der Waals surface area (Å²) in [6, 6.07) is 2.05. The monoisotopic (exact) mass is 278 g/mol. The Morgan fingerprint density at radius 1 is 1.40 bits per heavy atom. The average molecular weight is 278 g/mol. The van der Waals surface area contributed by atoms with Gasteiger partial charge in [-0.05, 0) is 33.1 Å². The summed E-state index contributed by atoms with van der Waals surface area (Å²) in [5.41, 5.74) is 0.999. The quantitative estimate of drug-likeness (QED) is 0.831. The first kappa shape index (κ1) is 15.0. The first-order valence-corrected chi connectivity index (χ1v) is 7.69. The zero-order valence-corrected chi connectivity index (χ0v) is 12.9. The molecule has 5 nitrogen and oxygen atoms in total. The van der Waals surface area contributed by atoms with Gasteiger partial charge in [-0.15, -0.1) is 0 Å². The number of hydrogen-bond acceptors (Lipinski definition) is 5. The Morgan fingerprint density at radius 2 is 2.25 bits per heavy atom. The van der Waals surface area contributed by atoms with E-state index < -0.39 is 0 Å². The highest BCUT2D eigenvalue weighted by Gasteiger charge is 2.19. The van der Waals surface area contributed by atoms with Gasteiger partial charge < -0.3 is 15.0 Å². The summed E-state index contributed by atoms with van der Waals surface area (Å²) in [5.74, 6) is 1.72. The van der Waals surface area contributed by atoms with Crippen LogP contribution in [0.3, 0.4) is 0 Å². The van der Waals surface area contributed by atoms with Gasteiger partial charge >= 0.3 is 0 Å². The highest BCUT2D eigenvalue weighted by molar-refractivity contribution is 5.44. The van der Waals surface area contributed by atoms with Gasteiger partial charge in [0.15, 0.2) is 0 Å². The molecule has 0 aliphatic carbocycles. The van der Waals surface area contributed by atoms with Crippen molar-refractivity contribution in [2.75, 3.05) is 36.5 Å². The lowest BCUT2D eigenvalue weighted by Gasteiger charge is -2.25. The second kappa shape index (κ2) is 7.43. The number of aryl methyl sites for hydroxylation is 1. The number of nitrogens with one attached hydrogen (secondary N) is 1. The van der Waals surface area contributed by atoms with Gasteiger partial charge in [0.05, 0.1) is 6.10 Å². The van der Waals surface area contributed by atoms with Gasteiger partial charge in [0, 0.05) is 38.0 Å². The van der Waals surface area contributed by atoms with E-state index in [9.17, 15) is 0 Å². The molecule has 1 fully saturated rings. The molecule has 0 spiro atoms. The van der Waals surface area contributed by atoms with Crippen LogP contribution in [0.4, 0.5) is 11.8 Å². The van der Waals surface area contributed by atoms with Gasteiger partial charge in [0.2, 0.25) is 5.95 Å². The van der Waals surface area contributed by atoms with Crippen LogP contribution in [0.5, 0.6) is 0 Å². The van der Waals surface area contributed by atoms with Crippen molar-refractivity contribution in [3.05, 3.63) is 11.8 Å². The molecular formula is C15H26N4O. The summed E-state index contributed by atoms with van der Waals surface area (Å²) in [5, 5.41) is 3.27. The molecule has 5 heteroatoms. The number of rotatable bonds is 7. The largest absolute Gasteiger partial charge is 0.376 e. The Kier molecular flexibility index (Phi) is 5.59. The van der Waals surface area contributed by atoms with Crippen molar-refractivity contribution < 1.29 is 4.74 Å². The van der Waals surface area contributed by atoms with Crippen molar-refractivity contribution in [2.24, 2.45) is 0 Å². The second-order valence-electron chi connectivity index (χ2n) is 5.29. The highest BCUT2D eigenvalue weighted by Crippen LogP contribution is 2.19. The van der Waals surface area contributed by atoms with Crippen LogP contribution >= 0.6 is 0 Å². The van der Waals surface area contributed by atoms with Crippen molar-refractivity contribution in [1.29, 1.82) is 0 Å². The Labute approximate surface area is 121 Å². The van der Waals surface area contributed by atoms with Crippen molar-refractivity contribution in [2.45, 2.75) is 46.1 Å². The summed E-state index contributed by atoms with van der Waals surface area (Å²) < 4.78 is 5.73. The van der Waals surface area contributed by atoms with Gasteiger partial charge in [0.1, 0.15) is 5.82 Å². The van der Waals surface area contributed by atoms with Crippen LogP contribution in [0, 0.1) is 6.92 Å². The molecule has 1 atom stereocenters. The van der Waals surface area contributed by atoms with Gasteiger partial charge in [-0.2, -0.15) is 4.98 Å². The topological polar surface area (TPSA) is 50.3 Å². The van der Waals surface area contributed by atoms with Crippen LogP contribution in [0.25, 0.3) is 0 Å². The van der Waals surface area contributed by atoms with E-state index in [2.05, 4.69) is 40.1 Å². The molecule has 1 aromatic rings. The third kappa shape index (κ3) is 4.07. The summed E-state index contributed by atoms with van der Waals surface area (Å²) >= 11 is 0. The molecule has 1 aliphatic rings. The van der Waals surface area contributed by atoms with E-state index >= 15 is 0 Å². The summed E-state index contributed by atoms with van der Waals surface area (Å²) in [4.78, 5) is 11.4. The smallest absolute Gasteiger partial charge is 0.224 e. The Hall–Kier alpha value is -1.36. The first-order valence-electron chi connectivity index (χ1n) is 7.69. The van der Waals surface area contributed by atoms with Gasteiger partial charge in [-0.25, -0.2) is 4.98 Å². The highest BCUT2D eigenvalue weighted by atomic mass is 16.5. The van der Waals surface area contributed by atoms with Gasteiger partial charge in [0.25, 0.3) is 0 Å². The van der Waals surface area contributed by atoms with E-state index in [1.54, 1.807) is 0 Å². The maximum Gasteiger partial charge on any atom is 0.224 e. The number of hydrogen-bond donors (Lipinski definition) is 1. The molecule has 0 saturated carbocycles. The minimum absolute atomic E-state index is 0.345. The molecule has 2 heterocycles. The van der Waals surface area contributed by atoms with Crippen LogP contribution in [-0.2, 0) is 4.74 Å². The van der Waals surface area contributed by atoms with Gasteiger partial charge in [-0.1, -0.05) is 6.92 Å². The minimum Gasteiger partial charge on any atom is -0.376 e. The second-order valence-corrected chi connectivity index (χ2v) is 5.29. The van der Waals surface area contributed by atoms with Crippen molar-refractivity contribution in [1.82, 2.24) is 9.97 Å². The number of aromatic nitrogens is 2. The van der Waals surface area contributed by atoms with E-state index in [0.717, 1.165) is 56.5 Å². The Bertz CT molecular complexity index is 418. The van der Waals surface area contributed by atoms with Crippen LogP contribution in [-0.4, -0.2) is 42.3 Å². The van der Waals surface area contributed by atoms with Gasteiger partial charge in [-0.3, -0.25) is 0 Å². The van der Waals surface area contributed by atoms with E-state index in [0.29, 0.717) is 6.10 Å². The normalized spacial score (nSPS) is 18.2. The average Bonchev–Trinajstić information content (AvgIpc) is 2.95. The molecule has 20 heavy (non-hydrogen) atoms. The van der Waals surface area contributed by atoms with E-state index in [1.165, 1.54) is 6.42 Å². The molecule has 1 aliphatic heterocycles. The summed E-state index contributed by atoms with van der Waals surface area (Å²) in [6.45, 7) is 9.96. The lowest BCUT2D eigenvalue weighted by Crippen LogP contribution is -2.33. The number of likely N-dealkylation sites (N-methyl/N-ethyl adjacent to an activating group) is 1. The van der Waals surface area contributed by atoms with Crippen LogP contribution in [0.1, 0.15) is 38.8 Å². The van der Waals surface area contributed by atoms with E-state index in [1.807, 2.05) is 6.92 Å². The predicted octanol–water partition coefficient (Wildman–Crippen LogP) is 2.61. The third-order valence-corrected chi connectivity index (χ3v) is 3.53. The fourth-order valence-corrected chi connectivity index (χ4v) is 2.45. The standard InChI is InChI=1S/C15H26N4O/c1-4-8-16-15-17-12(3)10-14(18-15)19(5-2)11-13-7-6-9-20-13/h10,13H,4-9,11H2,1-3H3,(H,16,17,18). The van der Waals surface area contributed by atoms with Crippen LogP contribution in [0.2, 0.25) is 0 Å². The zero-order chi connectivity index (χ0) is 14.4. The zero-order valence-electron chi connectivity index (χ0n) is 12.9. The van der Waals surface area contributed by atoms with E-state index in [-0.39, 0.29) is 0 Å². The van der Waals surface area contributed by atoms with Crippen molar-refractivity contribution in [3.8, 4) is 0 Å². The Balaban J connectivity index is 2.08. The summed E-state index contributed by atoms with van der Waals surface area (Å²) in [6.07, 6.45) is 3.74. The Morgan fingerprint density at radius 3 is 2.90 bits per heavy atom. The number of anilines is 2. The maximum atomic E-state index is 5.73.